The first kappa shape index (κ1) is 15.6. The van der Waals surface area contributed by atoms with E-state index in [1.54, 1.807) is 6.20 Å². The summed E-state index contributed by atoms with van der Waals surface area (Å²) < 4.78 is 5.19. The van der Waals surface area contributed by atoms with Gasteiger partial charge in [0, 0.05) is 31.3 Å². The summed E-state index contributed by atoms with van der Waals surface area (Å²) in [5.74, 6) is 1.46. The molecule has 6 heteroatoms. The van der Waals surface area contributed by atoms with Gasteiger partial charge >= 0.3 is 0 Å². The molecule has 1 aliphatic rings. The van der Waals surface area contributed by atoms with Crippen molar-refractivity contribution in [2.24, 2.45) is 0 Å². The van der Waals surface area contributed by atoms with Gasteiger partial charge in [-0.05, 0) is 37.8 Å². The molecule has 1 aliphatic heterocycles. The van der Waals surface area contributed by atoms with Crippen LogP contribution in [0.2, 0.25) is 0 Å². The Morgan fingerprint density at radius 2 is 2.35 bits per heavy atom. The van der Waals surface area contributed by atoms with E-state index in [1.807, 2.05) is 30.0 Å². The van der Waals surface area contributed by atoms with E-state index in [4.69, 9.17) is 4.52 Å². The van der Waals surface area contributed by atoms with Crippen LogP contribution in [0.5, 0.6) is 0 Å². The Labute approximate surface area is 135 Å². The minimum Gasteiger partial charge on any atom is -0.339 e. The Bertz CT molecular complexity index is 641. The molecule has 122 valence electrons. The van der Waals surface area contributed by atoms with Crippen LogP contribution in [0.1, 0.15) is 56.1 Å². The van der Waals surface area contributed by atoms with Gasteiger partial charge in [0.2, 0.25) is 11.8 Å². The van der Waals surface area contributed by atoms with Crippen LogP contribution in [0.15, 0.2) is 28.9 Å². The molecule has 3 heterocycles. The molecule has 1 saturated heterocycles. The van der Waals surface area contributed by atoms with Gasteiger partial charge in [-0.25, -0.2) is 0 Å². The summed E-state index contributed by atoms with van der Waals surface area (Å²) in [6.07, 6.45) is 6.58. The molecule has 0 aromatic carbocycles. The highest BCUT2D eigenvalue weighted by molar-refractivity contribution is 5.76. The molecule has 0 radical (unpaired) electrons. The molecular weight excluding hydrogens is 292 g/mol. The first-order valence-corrected chi connectivity index (χ1v) is 8.29. The van der Waals surface area contributed by atoms with E-state index in [-0.39, 0.29) is 11.9 Å². The average Bonchev–Trinajstić information content (AvgIpc) is 3.24. The second-order valence-corrected chi connectivity index (χ2v) is 5.82. The molecule has 6 nitrogen and oxygen atoms in total. The maximum absolute atomic E-state index is 12.5. The molecule has 0 aliphatic carbocycles. The molecule has 1 atom stereocenters. The van der Waals surface area contributed by atoms with Crippen LogP contribution in [0.3, 0.4) is 0 Å². The number of pyridine rings is 1. The van der Waals surface area contributed by atoms with Crippen molar-refractivity contribution in [3.05, 3.63) is 41.8 Å². The maximum atomic E-state index is 12.5. The zero-order valence-electron chi connectivity index (χ0n) is 13.4. The summed E-state index contributed by atoms with van der Waals surface area (Å²) in [5, 5.41) is 4.04. The predicted molar refractivity (Wildman–Crippen MR) is 84.5 cm³/mol. The third kappa shape index (κ3) is 3.75. The van der Waals surface area contributed by atoms with Crippen molar-refractivity contribution < 1.29 is 9.32 Å². The quantitative estimate of drug-likeness (QED) is 0.819. The van der Waals surface area contributed by atoms with Crippen molar-refractivity contribution in [3.63, 3.8) is 0 Å². The monoisotopic (exact) mass is 314 g/mol. The Hall–Kier alpha value is -2.24. The van der Waals surface area contributed by atoms with Gasteiger partial charge in [-0.3, -0.25) is 9.78 Å². The van der Waals surface area contributed by atoms with Crippen molar-refractivity contribution in [1.29, 1.82) is 0 Å². The molecule has 2 aromatic heterocycles. The van der Waals surface area contributed by atoms with E-state index < -0.39 is 0 Å². The first-order chi connectivity index (χ1) is 11.3. The highest BCUT2D eigenvalue weighted by Crippen LogP contribution is 2.30. The van der Waals surface area contributed by atoms with E-state index >= 15 is 0 Å². The fourth-order valence-electron chi connectivity index (χ4n) is 2.99. The Kier molecular flexibility index (Phi) is 5.00. The Morgan fingerprint density at radius 3 is 3.09 bits per heavy atom. The van der Waals surface area contributed by atoms with Gasteiger partial charge in [0.05, 0.1) is 6.04 Å². The smallest absolute Gasteiger partial charge is 0.226 e. The van der Waals surface area contributed by atoms with E-state index in [2.05, 4.69) is 15.1 Å². The summed E-state index contributed by atoms with van der Waals surface area (Å²) in [4.78, 5) is 23.1. The van der Waals surface area contributed by atoms with E-state index in [0.29, 0.717) is 18.1 Å². The number of aromatic nitrogens is 3. The lowest BCUT2D eigenvalue weighted by Gasteiger charge is -2.22. The van der Waals surface area contributed by atoms with Gasteiger partial charge in [0.25, 0.3) is 0 Å². The second-order valence-electron chi connectivity index (χ2n) is 5.82. The lowest BCUT2D eigenvalue weighted by Crippen LogP contribution is -2.31. The lowest BCUT2D eigenvalue weighted by atomic mass is 10.1. The summed E-state index contributed by atoms with van der Waals surface area (Å²) in [7, 11) is 0. The van der Waals surface area contributed by atoms with Crippen LogP contribution in [-0.4, -0.2) is 32.5 Å². The number of aryl methyl sites for hydroxylation is 2. The van der Waals surface area contributed by atoms with E-state index in [1.165, 1.54) is 0 Å². The Morgan fingerprint density at radius 1 is 1.43 bits per heavy atom. The minimum atomic E-state index is -0.0265. The van der Waals surface area contributed by atoms with Gasteiger partial charge in [0.1, 0.15) is 0 Å². The topological polar surface area (TPSA) is 72.1 Å². The number of rotatable bonds is 6. The predicted octanol–water partition coefficient (Wildman–Crippen LogP) is 2.71. The molecule has 1 fully saturated rings. The van der Waals surface area contributed by atoms with Gasteiger partial charge in [-0.2, -0.15) is 4.98 Å². The normalized spacial score (nSPS) is 17.6. The first-order valence-electron chi connectivity index (χ1n) is 8.29. The maximum Gasteiger partial charge on any atom is 0.226 e. The van der Waals surface area contributed by atoms with Crippen molar-refractivity contribution in [2.75, 3.05) is 6.54 Å². The van der Waals surface area contributed by atoms with Gasteiger partial charge < -0.3 is 9.42 Å². The van der Waals surface area contributed by atoms with Crippen LogP contribution in [-0.2, 0) is 17.6 Å². The van der Waals surface area contributed by atoms with Crippen molar-refractivity contribution in [1.82, 2.24) is 20.0 Å². The molecule has 0 N–H and O–H groups in total. The summed E-state index contributed by atoms with van der Waals surface area (Å²) in [5.41, 5.74) is 1.03. The number of hydrogen-bond acceptors (Lipinski definition) is 5. The fraction of sp³-hybridized carbons (Fsp3) is 0.529. The summed E-state index contributed by atoms with van der Waals surface area (Å²) in [6, 6.07) is 5.84. The number of likely N-dealkylation sites (tertiary alicyclic amines) is 1. The number of nitrogens with zero attached hydrogens (tertiary/aromatic N) is 4. The molecule has 0 bridgehead atoms. The highest BCUT2D eigenvalue weighted by atomic mass is 16.5. The van der Waals surface area contributed by atoms with Crippen LogP contribution >= 0.6 is 0 Å². The van der Waals surface area contributed by atoms with E-state index in [9.17, 15) is 4.79 Å². The molecule has 0 spiro atoms. The van der Waals surface area contributed by atoms with E-state index in [0.717, 1.165) is 44.3 Å². The number of amides is 1. The molecule has 0 saturated carbocycles. The number of carbonyl (C=O) groups excluding carboxylic acids is 1. The minimum absolute atomic E-state index is 0.0265. The molecule has 23 heavy (non-hydrogen) atoms. The molecular formula is C17H22N4O2. The van der Waals surface area contributed by atoms with Crippen LogP contribution in [0.25, 0.3) is 0 Å². The van der Waals surface area contributed by atoms with Gasteiger partial charge in [-0.1, -0.05) is 18.1 Å². The standard InChI is InChI=1S/C17H22N4O2/c1-2-15-19-17(20-23-15)14-9-6-12-21(14)16(22)10-5-8-13-7-3-4-11-18-13/h3-4,7,11,14H,2,5-6,8-10,12H2,1H3. The lowest BCUT2D eigenvalue weighted by molar-refractivity contribution is -0.132. The summed E-state index contributed by atoms with van der Waals surface area (Å²) >= 11 is 0. The molecule has 1 unspecified atom stereocenters. The largest absolute Gasteiger partial charge is 0.339 e. The van der Waals surface area contributed by atoms with Gasteiger partial charge in [0.15, 0.2) is 5.82 Å². The van der Waals surface area contributed by atoms with Crippen LogP contribution in [0, 0.1) is 0 Å². The van der Waals surface area contributed by atoms with Crippen molar-refractivity contribution in [3.8, 4) is 0 Å². The fourth-order valence-corrected chi connectivity index (χ4v) is 2.99. The molecule has 3 rings (SSSR count). The zero-order valence-corrected chi connectivity index (χ0v) is 13.4. The van der Waals surface area contributed by atoms with Crippen LogP contribution < -0.4 is 0 Å². The third-order valence-electron chi connectivity index (χ3n) is 4.21. The molecule has 1 amide bonds. The van der Waals surface area contributed by atoms with Crippen LogP contribution in [0.4, 0.5) is 0 Å². The number of hydrogen-bond donors (Lipinski definition) is 0. The van der Waals surface area contributed by atoms with Gasteiger partial charge in [-0.15, -0.1) is 0 Å². The zero-order chi connectivity index (χ0) is 16.1. The SMILES string of the molecule is CCc1nc(C2CCCN2C(=O)CCCc2ccccn2)no1. The summed E-state index contributed by atoms with van der Waals surface area (Å²) in [6.45, 7) is 2.76. The molecule has 2 aromatic rings. The third-order valence-corrected chi connectivity index (χ3v) is 4.21. The average molecular weight is 314 g/mol. The van der Waals surface area contributed by atoms with Crippen molar-refractivity contribution in [2.45, 2.75) is 51.5 Å². The van der Waals surface area contributed by atoms with Crippen molar-refractivity contribution >= 4 is 5.91 Å². The number of carbonyl (C=O) groups is 1. The second kappa shape index (κ2) is 7.35. The highest BCUT2D eigenvalue weighted by Gasteiger charge is 2.32. The Balaban J connectivity index is 1.55.